The fraction of sp³-hybridized carbons (Fsp3) is 0.0455. The number of carbonyl (C=O) groups excluding carboxylic acids is 4. The van der Waals surface area contributed by atoms with Crippen molar-refractivity contribution in [2.24, 2.45) is 0 Å². The molecule has 8 heterocycles. The standard InChI is InChI=1S/C22H17BrN4OS.C22H17ClN4OS.C22H17FN4OS.C22H18N4O2S/c3*23-16-7-3-14(4-8-16)12-20(28)27-22-21(19-2-1-11-29-19)26-18(13-25-22)15-5-9-17(24)10-6-15;23-16-7-5-15(6-8-16)18-13-24-22(21(25-18)19-2-1-11-29-19)26-20(28)12-14-3-9-17(27)10-4-14/h3*1-11,13H,12,24H2,(H,25,27,28);1-11,13,27H,12,23H2,(H,24,26,28). The Hall–Kier alpha value is -13.5. The smallest absolute Gasteiger partial charge is 0.230 e. The van der Waals surface area contributed by atoms with E-state index >= 15 is 0 Å². The third-order valence-electron chi connectivity index (χ3n) is 17.1. The van der Waals surface area contributed by atoms with Crippen LogP contribution in [0.1, 0.15) is 22.3 Å². The molecule has 4 amide bonds. The average molecular weight is 1690 g/mol. The number of benzene rings is 8. The number of hydrogen-bond acceptors (Lipinski definition) is 21. The molecule has 0 bridgehead atoms. The Balaban J connectivity index is 0.000000135. The van der Waals surface area contributed by atoms with Crippen molar-refractivity contribution < 1.29 is 28.7 Å². The number of thiophene rings is 4. The largest absolute Gasteiger partial charge is 0.508 e. The van der Waals surface area contributed by atoms with Crippen molar-refractivity contribution >= 4 is 143 Å². The maximum absolute atomic E-state index is 13.1. The molecule has 0 fully saturated rings. The number of aromatic hydroxyl groups is 1. The van der Waals surface area contributed by atoms with Gasteiger partial charge in [-0.05, 0) is 165 Å². The number of nitrogen functional groups attached to an aromatic ring is 4. The van der Waals surface area contributed by atoms with E-state index in [0.717, 1.165) is 68.6 Å². The minimum atomic E-state index is -0.335. The monoisotopic (exact) mass is 1690 g/mol. The Kier molecular flexibility index (Phi) is 26.9. The molecule has 0 aliphatic carbocycles. The van der Waals surface area contributed by atoms with Crippen molar-refractivity contribution in [3.8, 4) is 93.1 Å². The number of amides is 4. The quantitative estimate of drug-likeness (QED) is 0.0320. The van der Waals surface area contributed by atoms with Crippen molar-refractivity contribution in [2.45, 2.75) is 25.7 Å². The molecule has 21 nitrogen and oxygen atoms in total. The van der Waals surface area contributed by atoms with Gasteiger partial charge < -0.3 is 49.3 Å². The number of nitrogens with one attached hydrogen (secondary N) is 4. The lowest BCUT2D eigenvalue weighted by Gasteiger charge is -2.11. The summed E-state index contributed by atoms with van der Waals surface area (Å²) in [5, 5.41) is 29.3. The van der Waals surface area contributed by atoms with Crippen LogP contribution in [-0.2, 0) is 44.9 Å². The molecule has 0 spiro atoms. The highest BCUT2D eigenvalue weighted by molar-refractivity contribution is 9.10. The summed E-state index contributed by atoms with van der Waals surface area (Å²) in [6.45, 7) is 0. The number of halogens is 3. The van der Waals surface area contributed by atoms with E-state index in [1.807, 2.05) is 191 Å². The molecule has 0 aliphatic rings. The predicted octanol–water partition coefficient (Wildman–Crippen LogP) is 19.8. The fourth-order valence-electron chi connectivity index (χ4n) is 11.3. The van der Waals surface area contributed by atoms with Gasteiger partial charge in [-0.15, -0.1) is 45.3 Å². The van der Waals surface area contributed by atoms with E-state index in [1.165, 1.54) is 34.8 Å². The molecule has 0 radical (unpaired) electrons. The molecule has 0 saturated heterocycles. The van der Waals surface area contributed by atoms with Gasteiger partial charge in [0.05, 0.1) is 92.8 Å². The second kappa shape index (κ2) is 38.8. The molecule has 0 unspecified atom stereocenters. The summed E-state index contributed by atoms with van der Waals surface area (Å²) < 4.78 is 14.0. The SMILES string of the molecule is Nc1ccc(-c2cnc(NC(=O)Cc3ccc(Br)cc3)c(-c3cccs3)n2)cc1.Nc1ccc(-c2cnc(NC(=O)Cc3ccc(Cl)cc3)c(-c3cccs3)n2)cc1.Nc1ccc(-c2cnc(NC(=O)Cc3ccc(F)cc3)c(-c3cccs3)n2)cc1.Nc1ccc(-c2cnc(NC(=O)Cc3ccc(O)cc3)c(-c3cccs3)n2)cc1. The lowest BCUT2D eigenvalue weighted by molar-refractivity contribution is -0.116. The first-order valence-corrected chi connectivity index (χ1v) is 40.3. The van der Waals surface area contributed by atoms with Crippen molar-refractivity contribution in [3.63, 3.8) is 0 Å². The first kappa shape index (κ1) is 80.5. The van der Waals surface area contributed by atoms with Crippen molar-refractivity contribution in [1.29, 1.82) is 0 Å². The van der Waals surface area contributed by atoms with Gasteiger partial charge in [0.1, 0.15) is 34.3 Å². The highest BCUT2D eigenvalue weighted by Gasteiger charge is 2.21. The lowest BCUT2D eigenvalue weighted by Crippen LogP contribution is -2.16. The number of hydrogen-bond donors (Lipinski definition) is 9. The maximum Gasteiger partial charge on any atom is 0.230 e. The zero-order chi connectivity index (χ0) is 80.9. The van der Waals surface area contributed by atoms with Crippen LogP contribution in [0.2, 0.25) is 5.02 Å². The van der Waals surface area contributed by atoms with Crippen molar-refractivity contribution in [2.75, 3.05) is 44.2 Å². The lowest BCUT2D eigenvalue weighted by atomic mass is 10.1. The third kappa shape index (κ3) is 22.4. The minimum absolute atomic E-state index is 0.117. The van der Waals surface area contributed by atoms with Gasteiger partial charge >= 0.3 is 0 Å². The molecule has 116 heavy (non-hydrogen) atoms. The molecule has 13 N–H and O–H groups in total. The van der Waals surface area contributed by atoms with Gasteiger partial charge in [0.25, 0.3) is 0 Å². The molecule has 0 saturated carbocycles. The van der Waals surface area contributed by atoms with Crippen LogP contribution in [-0.4, -0.2) is 68.6 Å². The van der Waals surface area contributed by atoms with Crippen molar-refractivity contribution in [3.05, 3.63) is 327 Å². The molecule has 16 rings (SSSR count). The van der Waals surface area contributed by atoms with Gasteiger partial charge in [-0.1, -0.05) is 149 Å². The number of anilines is 8. The Morgan fingerprint density at radius 2 is 0.586 bits per heavy atom. The van der Waals surface area contributed by atoms with Crippen LogP contribution in [0.25, 0.3) is 87.3 Å². The minimum Gasteiger partial charge on any atom is -0.508 e. The van der Waals surface area contributed by atoms with Gasteiger partial charge in [0.15, 0.2) is 23.3 Å². The summed E-state index contributed by atoms with van der Waals surface area (Å²) >= 11 is 15.4. The van der Waals surface area contributed by atoms with Crippen LogP contribution in [0.3, 0.4) is 0 Å². The van der Waals surface area contributed by atoms with E-state index in [1.54, 1.807) is 108 Å². The number of rotatable bonds is 20. The van der Waals surface area contributed by atoms with Crippen LogP contribution < -0.4 is 44.2 Å². The summed E-state index contributed by atoms with van der Waals surface area (Å²) in [7, 11) is 0. The number of phenolic OH excluding ortho intramolecular Hbond substituents is 1. The number of nitrogens with two attached hydrogens (primary N) is 4. The van der Waals surface area contributed by atoms with E-state index in [0.29, 0.717) is 96.5 Å². The maximum atomic E-state index is 13.1. The zero-order valence-corrected chi connectivity index (χ0v) is 66.9. The number of aromatic nitrogens is 8. The predicted molar refractivity (Wildman–Crippen MR) is 470 cm³/mol. The Morgan fingerprint density at radius 3 is 0.836 bits per heavy atom. The summed E-state index contributed by atoms with van der Waals surface area (Å²) in [5.74, 6) is 0.761. The Morgan fingerprint density at radius 1 is 0.345 bits per heavy atom. The van der Waals surface area contributed by atoms with Crippen LogP contribution in [0.5, 0.6) is 5.75 Å². The van der Waals surface area contributed by atoms with Crippen LogP contribution in [0.4, 0.5) is 50.4 Å². The summed E-state index contributed by atoms with van der Waals surface area (Å²) in [6.07, 6.45) is 7.35. The van der Waals surface area contributed by atoms with Crippen LogP contribution >= 0.6 is 72.9 Å². The summed E-state index contributed by atoms with van der Waals surface area (Å²) in [4.78, 5) is 90.8. The first-order chi connectivity index (χ1) is 56.3. The second-order valence-corrected chi connectivity index (χ2v) is 30.8. The van der Waals surface area contributed by atoms with Gasteiger partial charge in [-0.2, -0.15) is 0 Å². The molecule has 576 valence electrons. The van der Waals surface area contributed by atoms with Gasteiger partial charge in [0, 0.05) is 54.5 Å². The van der Waals surface area contributed by atoms with Gasteiger partial charge in [-0.25, -0.2) is 44.3 Å². The van der Waals surface area contributed by atoms with E-state index in [9.17, 15) is 28.7 Å². The molecule has 0 aliphatic heterocycles. The van der Waals surface area contributed by atoms with Crippen LogP contribution in [0, 0.1) is 5.82 Å². The average Bonchev–Trinajstić information content (AvgIpc) is 1.58. The third-order valence-corrected chi connectivity index (χ3v) is 21.4. The molecular formula is C88H69BrClFN16O5S4. The topological polar surface area (TPSA) is 344 Å². The molecule has 0 atom stereocenters. The normalized spacial score (nSPS) is 10.6. The van der Waals surface area contributed by atoms with Crippen molar-refractivity contribution in [1.82, 2.24) is 39.9 Å². The van der Waals surface area contributed by atoms with Gasteiger partial charge in [0.2, 0.25) is 23.6 Å². The van der Waals surface area contributed by atoms with E-state index in [-0.39, 0.29) is 60.9 Å². The molecule has 16 aromatic rings. The summed E-state index contributed by atoms with van der Waals surface area (Å²) in [6, 6.07) is 72.5. The van der Waals surface area contributed by atoms with E-state index in [4.69, 9.17) is 54.5 Å². The highest BCUT2D eigenvalue weighted by Crippen LogP contribution is 2.37. The van der Waals surface area contributed by atoms with E-state index < -0.39 is 0 Å². The first-order valence-electron chi connectivity index (χ1n) is 35.6. The Bertz CT molecular complexity index is 5250. The second-order valence-electron chi connectivity index (χ2n) is 25.7. The molecular weight excluding hydrogens is 1620 g/mol. The highest BCUT2D eigenvalue weighted by atomic mass is 79.9. The van der Waals surface area contributed by atoms with E-state index in [2.05, 4.69) is 57.1 Å². The molecule has 28 heteroatoms. The molecule has 8 aromatic carbocycles. The fourth-order valence-corrected chi connectivity index (χ4v) is 14.6. The summed E-state index contributed by atoms with van der Waals surface area (Å²) in [5.41, 5.74) is 38.0. The number of phenols is 1. The molecule has 8 aromatic heterocycles. The number of carbonyl (C=O) groups is 4. The Labute approximate surface area is 695 Å². The van der Waals surface area contributed by atoms with Gasteiger partial charge in [-0.3, -0.25) is 19.2 Å². The number of nitrogens with zero attached hydrogens (tertiary/aromatic N) is 8. The van der Waals surface area contributed by atoms with Crippen LogP contribution in [0.15, 0.2) is 293 Å². The zero-order valence-electron chi connectivity index (χ0n) is 61.3.